The summed E-state index contributed by atoms with van der Waals surface area (Å²) in [7, 11) is 0. The highest BCUT2D eigenvalue weighted by Crippen LogP contribution is 2.40. The summed E-state index contributed by atoms with van der Waals surface area (Å²) in [5.41, 5.74) is 1.20. The fourth-order valence-electron chi connectivity index (χ4n) is 3.17. The Balaban J connectivity index is 1.74. The summed E-state index contributed by atoms with van der Waals surface area (Å²) >= 11 is 6.29. The zero-order valence-corrected chi connectivity index (χ0v) is 13.3. The van der Waals surface area contributed by atoms with Gasteiger partial charge in [0, 0.05) is 19.1 Å². The predicted molar refractivity (Wildman–Crippen MR) is 84.2 cm³/mol. The minimum atomic E-state index is 0.268. The molecule has 1 unspecified atom stereocenters. The van der Waals surface area contributed by atoms with Crippen molar-refractivity contribution >= 4 is 11.6 Å². The minimum absolute atomic E-state index is 0.268. The molecule has 2 aliphatic heterocycles. The topological polar surface area (TPSA) is 33.7 Å². The summed E-state index contributed by atoms with van der Waals surface area (Å²) in [6, 6.07) is 4.68. The molecule has 0 radical (unpaired) electrons. The lowest BCUT2D eigenvalue weighted by molar-refractivity contribution is 0.157. The number of halogens is 1. The van der Waals surface area contributed by atoms with E-state index in [-0.39, 0.29) is 6.79 Å². The van der Waals surface area contributed by atoms with Crippen molar-refractivity contribution < 1.29 is 9.47 Å². The number of benzene rings is 1. The molecule has 1 N–H and O–H groups in total. The maximum atomic E-state index is 6.29. The van der Waals surface area contributed by atoms with Gasteiger partial charge in [-0.15, -0.1) is 0 Å². The van der Waals surface area contributed by atoms with Crippen LogP contribution in [0.1, 0.15) is 31.7 Å². The van der Waals surface area contributed by atoms with Gasteiger partial charge in [-0.3, -0.25) is 4.90 Å². The molecule has 1 saturated heterocycles. The summed E-state index contributed by atoms with van der Waals surface area (Å²) in [6.07, 6.45) is 3.69. The highest BCUT2D eigenvalue weighted by molar-refractivity contribution is 6.32. The lowest BCUT2D eigenvalue weighted by Gasteiger charge is -2.34. The molecule has 1 aromatic rings. The van der Waals surface area contributed by atoms with E-state index in [0.717, 1.165) is 38.3 Å². The molecule has 21 heavy (non-hydrogen) atoms. The number of piperidine rings is 1. The van der Waals surface area contributed by atoms with Gasteiger partial charge < -0.3 is 14.8 Å². The SMILES string of the molecule is CCCN(Cc1cc(Cl)c2c(c1)OCO2)C1CCCNC1. The van der Waals surface area contributed by atoms with Crippen molar-refractivity contribution in [3.05, 3.63) is 22.7 Å². The molecule has 0 aliphatic carbocycles. The summed E-state index contributed by atoms with van der Waals surface area (Å²) in [5, 5.41) is 4.15. The molecule has 0 saturated carbocycles. The molecule has 1 fully saturated rings. The van der Waals surface area contributed by atoms with Gasteiger partial charge in [0.25, 0.3) is 0 Å². The van der Waals surface area contributed by atoms with Crippen LogP contribution in [0.2, 0.25) is 5.02 Å². The largest absolute Gasteiger partial charge is 0.454 e. The Bertz CT molecular complexity index is 489. The number of nitrogens with zero attached hydrogens (tertiary/aromatic N) is 1. The fourth-order valence-corrected chi connectivity index (χ4v) is 3.46. The first-order chi connectivity index (χ1) is 10.3. The highest BCUT2D eigenvalue weighted by Gasteiger charge is 2.23. The number of ether oxygens (including phenoxy) is 2. The lowest BCUT2D eigenvalue weighted by atomic mass is 10.0. The van der Waals surface area contributed by atoms with E-state index in [0.29, 0.717) is 16.8 Å². The number of nitrogens with one attached hydrogen (secondary N) is 1. The summed E-state index contributed by atoms with van der Waals surface area (Å²) in [5.74, 6) is 1.46. The van der Waals surface area contributed by atoms with Crippen LogP contribution >= 0.6 is 11.6 Å². The zero-order valence-electron chi connectivity index (χ0n) is 12.5. The van der Waals surface area contributed by atoms with Crippen LogP contribution in [-0.2, 0) is 6.54 Å². The smallest absolute Gasteiger partial charge is 0.231 e. The van der Waals surface area contributed by atoms with Gasteiger partial charge in [-0.2, -0.15) is 0 Å². The maximum Gasteiger partial charge on any atom is 0.231 e. The lowest BCUT2D eigenvalue weighted by Crippen LogP contribution is -2.45. The van der Waals surface area contributed by atoms with E-state index in [4.69, 9.17) is 21.1 Å². The standard InChI is InChI=1S/C16H23ClN2O2/c1-2-6-19(13-4-3-5-18-9-13)10-12-7-14(17)16-15(8-12)20-11-21-16/h7-8,13,18H,2-6,9-11H2,1H3. The number of hydrogen-bond acceptors (Lipinski definition) is 4. The Hall–Kier alpha value is -0.970. The second kappa shape index (κ2) is 6.86. The molecule has 2 aliphatic rings. The third kappa shape index (κ3) is 3.44. The van der Waals surface area contributed by atoms with Gasteiger partial charge in [0.15, 0.2) is 11.5 Å². The molecule has 0 bridgehead atoms. The van der Waals surface area contributed by atoms with Crippen molar-refractivity contribution in [2.24, 2.45) is 0 Å². The predicted octanol–water partition coefficient (Wildman–Crippen LogP) is 3.03. The monoisotopic (exact) mass is 310 g/mol. The molecule has 3 rings (SSSR count). The van der Waals surface area contributed by atoms with E-state index >= 15 is 0 Å². The van der Waals surface area contributed by atoms with Crippen LogP contribution in [0.15, 0.2) is 12.1 Å². The number of fused-ring (bicyclic) bond motifs is 1. The highest BCUT2D eigenvalue weighted by atomic mass is 35.5. The molecule has 1 atom stereocenters. The fraction of sp³-hybridized carbons (Fsp3) is 0.625. The summed E-state index contributed by atoms with van der Waals surface area (Å²) in [6.45, 7) is 6.75. The first-order valence-electron chi connectivity index (χ1n) is 7.80. The normalized spacial score (nSPS) is 21.0. The molecular formula is C16H23ClN2O2. The zero-order chi connectivity index (χ0) is 14.7. The molecule has 0 spiro atoms. The van der Waals surface area contributed by atoms with Crippen molar-refractivity contribution in [1.29, 1.82) is 0 Å². The molecular weight excluding hydrogens is 288 g/mol. The molecule has 0 amide bonds. The maximum absolute atomic E-state index is 6.29. The van der Waals surface area contributed by atoms with E-state index in [1.165, 1.54) is 18.4 Å². The van der Waals surface area contributed by atoms with Crippen molar-refractivity contribution in [2.45, 2.75) is 38.8 Å². The first-order valence-corrected chi connectivity index (χ1v) is 8.18. The van der Waals surface area contributed by atoms with Gasteiger partial charge >= 0.3 is 0 Å². The Kier molecular flexibility index (Phi) is 4.88. The second-order valence-corrected chi connectivity index (χ2v) is 6.19. The van der Waals surface area contributed by atoms with E-state index in [2.05, 4.69) is 23.2 Å². The molecule has 0 aromatic heterocycles. The van der Waals surface area contributed by atoms with Crippen molar-refractivity contribution in [1.82, 2.24) is 10.2 Å². The van der Waals surface area contributed by atoms with Crippen LogP contribution in [0.25, 0.3) is 0 Å². The molecule has 2 heterocycles. The molecule has 1 aromatic carbocycles. The first kappa shape index (κ1) is 14.9. The van der Waals surface area contributed by atoms with Gasteiger partial charge in [0.05, 0.1) is 5.02 Å². The second-order valence-electron chi connectivity index (χ2n) is 5.78. The average molecular weight is 311 g/mol. The van der Waals surface area contributed by atoms with Crippen LogP contribution in [-0.4, -0.2) is 37.4 Å². The van der Waals surface area contributed by atoms with Crippen LogP contribution in [0.5, 0.6) is 11.5 Å². The summed E-state index contributed by atoms with van der Waals surface area (Å²) < 4.78 is 10.8. The minimum Gasteiger partial charge on any atom is -0.454 e. The van der Waals surface area contributed by atoms with E-state index < -0.39 is 0 Å². The van der Waals surface area contributed by atoms with Gasteiger partial charge in [-0.25, -0.2) is 0 Å². The van der Waals surface area contributed by atoms with Crippen molar-refractivity contribution in [2.75, 3.05) is 26.4 Å². The molecule has 5 heteroatoms. The van der Waals surface area contributed by atoms with Crippen LogP contribution in [0.3, 0.4) is 0 Å². The Morgan fingerprint density at radius 3 is 3.05 bits per heavy atom. The Morgan fingerprint density at radius 1 is 1.38 bits per heavy atom. The average Bonchev–Trinajstić information content (AvgIpc) is 2.97. The Morgan fingerprint density at radius 2 is 2.29 bits per heavy atom. The number of hydrogen-bond donors (Lipinski definition) is 1. The van der Waals surface area contributed by atoms with E-state index in [9.17, 15) is 0 Å². The van der Waals surface area contributed by atoms with Gasteiger partial charge in [0.1, 0.15) is 0 Å². The van der Waals surface area contributed by atoms with Gasteiger partial charge in [-0.05, 0) is 50.0 Å². The van der Waals surface area contributed by atoms with E-state index in [1.54, 1.807) is 0 Å². The van der Waals surface area contributed by atoms with Crippen LogP contribution in [0, 0.1) is 0 Å². The summed E-state index contributed by atoms with van der Waals surface area (Å²) in [4.78, 5) is 2.56. The molecule has 116 valence electrons. The Labute approximate surface area is 131 Å². The van der Waals surface area contributed by atoms with Crippen molar-refractivity contribution in [3.63, 3.8) is 0 Å². The van der Waals surface area contributed by atoms with E-state index in [1.807, 2.05) is 6.07 Å². The van der Waals surface area contributed by atoms with Gasteiger partial charge in [0.2, 0.25) is 6.79 Å². The quantitative estimate of drug-likeness (QED) is 0.906. The third-order valence-corrected chi connectivity index (χ3v) is 4.45. The molecule has 4 nitrogen and oxygen atoms in total. The number of rotatable bonds is 5. The van der Waals surface area contributed by atoms with Crippen molar-refractivity contribution in [3.8, 4) is 11.5 Å². The third-order valence-electron chi connectivity index (χ3n) is 4.17. The van der Waals surface area contributed by atoms with Crippen LogP contribution in [0.4, 0.5) is 0 Å². The van der Waals surface area contributed by atoms with Gasteiger partial charge in [-0.1, -0.05) is 18.5 Å². The van der Waals surface area contributed by atoms with Crippen LogP contribution < -0.4 is 14.8 Å².